The third kappa shape index (κ3) is 7.70. The molecule has 0 N–H and O–H groups in total. The Morgan fingerprint density at radius 3 is 2.36 bits per heavy atom. The Kier molecular flexibility index (Phi) is 11.2. The molecular formula is C42H60O5. The largest absolute Gasteiger partial charge is 0.459 e. The van der Waals surface area contributed by atoms with Gasteiger partial charge in [0.2, 0.25) is 0 Å². The molecule has 0 amide bonds. The van der Waals surface area contributed by atoms with Crippen molar-refractivity contribution in [2.75, 3.05) is 6.61 Å². The molecule has 4 aliphatic carbocycles. The van der Waals surface area contributed by atoms with E-state index in [1.807, 2.05) is 31.2 Å². The highest BCUT2D eigenvalue weighted by molar-refractivity contribution is 5.86. The van der Waals surface area contributed by atoms with Gasteiger partial charge in [-0.15, -0.1) is 6.58 Å². The van der Waals surface area contributed by atoms with Crippen LogP contribution in [-0.2, 0) is 23.9 Å². The lowest BCUT2D eigenvalue weighted by atomic mass is 9.44. The van der Waals surface area contributed by atoms with Gasteiger partial charge in [-0.3, -0.25) is 4.79 Å². The van der Waals surface area contributed by atoms with E-state index >= 15 is 0 Å². The third-order valence-electron chi connectivity index (χ3n) is 12.8. The number of esters is 2. The number of hydrogen-bond donors (Lipinski definition) is 0. The average molecular weight is 645 g/mol. The van der Waals surface area contributed by atoms with Crippen LogP contribution in [0.3, 0.4) is 0 Å². The second-order valence-corrected chi connectivity index (χ2v) is 16.6. The summed E-state index contributed by atoms with van der Waals surface area (Å²) in [6.07, 6.45) is 21.8. The van der Waals surface area contributed by atoms with Crippen LogP contribution in [0.2, 0.25) is 0 Å². The van der Waals surface area contributed by atoms with E-state index in [0.717, 1.165) is 36.8 Å². The van der Waals surface area contributed by atoms with Crippen molar-refractivity contribution in [2.45, 2.75) is 126 Å². The standard InChI is InChI=1S/C42H60O5/c1-11-40(9)25-32(6)42-22-19-31(5)41(10,38(42)34(43)20-23-42)35(26-40)47-37(45)27-46-36(44)24-29(3)15-12-14-28(2)17-18-33-30(4)16-13-21-39(33,7)8/h11-12,14-15,17-18,24,31-32,35,38H,1,13,16,19-23,25-27H2,2-10H3/b15-12+,18-17+,28-14+,29-24+/t31?,32-,35+,38-,40-,41?,42?/m0/s1. The Bertz CT molecular complexity index is 1400. The molecule has 47 heavy (non-hydrogen) atoms. The van der Waals surface area contributed by atoms with Crippen molar-refractivity contribution in [2.24, 2.45) is 39.4 Å². The van der Waals surface area contributed by atoms with Crippen LogP contribution < -0.4 is 0 Å². The topological polar surface area (TPSA) is 69.7 Å². The van der Waals surface area contributed by atoms with Gasteiger partial charge in [-0.25, -0.2) is 9.59 Å². The highest BCUT2D eigenvalue weighted by atomic mass is 16.6. The van der Waals surface area contributed by atoms with E-state index in [9.17, 15) is 14.4 Å². The molecule has 258 valence electrons. The van der Waals surface area contributed by atoms with Crippen LogP contribution in [0.1, 0.15) is 120 Å². The fraction of sp³-hybridized carbons (Fsp3) is 0.643. The summed E-state index contributed by atoms with van der Waals surface area (Å²) >= 11 is 0. The summed E-state index contributed by atoms with van der Waals surface area (Å²) in [5.74, 6) is -0.381. The van der Waals surface area contributed by atoms with Crippen LogP contribution >= 0.6 is 0 Å². The molecule has 0 saturated heterocycles. The Morgan fingerprint density at radius 1 is 0.957 bits per heavy atom. The van der Waals surface area contributed by atoms with Crippen LogP contribution in [0.25, 0.3) is 0 Å². The number of allylic oxidation sites excluding steroid dienone is 10. The molecule has 4 rings (SSSR count). The summed E-state index contributed by atoms with van der Waals surface area (Å²) in [6, 6.07) is 0. The van der Waals surface area contributed by atoms with Crippen molar-refractivity contribution in [1.29, 1.82) is 0 Å². The van der Waals surface area contributed by atoms with Crippen LogP contribution in [-0.4, -0.2) is 30.4 Å². The van der Waals surface area contributed by atoms with Gasteiger partial charge in [0.1, 0.15) is 11.9 Å². The molecule has 0 spiro atoms. The van der Waals surface area contributed by atoms with E-state index in [4.69, 9.17) is 9.47 Å². The number of carbonyl (C=O) groups is 3. The summed E-state index contributed by atoms with van der Waals surface area (Å²) in [7, 11) is 0. The monoisotopic (exact) mass is 644 g/mol. The Balaban J connectivity index is 1.40. The molecule has 5 nitrogen and oxygen atoms in total. The number of ether oxygens (including phenoxy) is 2. The zero-order valence-electron chi connectivity index (χ0n) is 30.7. The molecule has 3 saturated carbocycles. The third-order valence-corrected chi connectivity index (χ3v) is 12.8. The van der Waals surface area contributed by atoms with Crippen molar-refractivity contribution in [1.82, 2.24) is 0 Å². The summed E-state index contributed by atoms with van der Waals surface area (Å²) < 4.78 is 11.6. The quantitative estimate of drug-likeness (QED) is 0.108. The number of hydrogen-bond acceptors (Lipinski definition) is 5. The smallest absolute Gasteiger partial charge is 0.344 e. The van der Waals surface area contributed by atoms with Crippen molar-refractivity contribution in [3.05, 3.63) is 71.4 Å². The number of carbonyl (C=O) groups excluding carboxylic acids is 3. The van der Waals surface area contributed by atoms with Crippen LogP contribution in [0, 0.1) is 39.4 Å². The molecule has 5 heteroatoms. The van der Waals surface area contributed by atoms with Crippen LogP contribution in [0.5, 0.6) is 0 Å². The van der Waals surface area contributed by atoms with Gasteiger partial charge in [0.25, 0.3) is 0 Å². The van der Waals surface area contributed by atoms with Gasteiger partial charge in [-0.1, -0.05) is 89.1 Å². The maximum absolute atomic E-state index is 13.6. The Morgan fingerprint density at radius 2 is 1.68 bits per heavy atom. The van der Waals surface area contributed by atoms with Gasteiger partial charge in [0.15, 0.2) is 6.61 Å². The van der Waals surface area contributed by atoms with E-state index < -0.39 is 30.1 Å². The zero-order valence-corrected chi connectivity index (χ0v) is 30.7. The molecule has 2 bridgehead atoms. The molecule has 0 heterocycles. The van der Waals surface area contributed by atoms with E-state index in [0.29, 0.717) is 24.5 Å². The minimum absolute atomic E-state index is 0.0665. The molecule has 4 aliphatic rings. The predicted octanol–water partition coefficient (Wildman–Crippen LogP) is 10.00. The fourth-order valence-electron chi connectivity index (χ4n) is 9.76. The number of rotatable bonds is 9. The lowest BCUT2D eigenvalue weighted by molar-refractivity contribution is -0.195. The lowest BCUT2D eigenvalue weighted by Crippen LogP contribution is -2.60. The fourth-order valence-corrected chi connectivity index (χ4v) is 9.76. The van der Waals surface area contributed by atoms with Crippen molar-refractivity contribution < 1.29 is 23.9 Å². The van der Waals surface area contributed by atoms with Crippen LogP contribution in [0.15, 0.2) is 71.4 Å². The second-order valence-electron chi connectivity index (χ2n) is 16.6. The zero-order chi connectivity index (χ0) is 34.8. The normalized spacial score (nSPS) is 36.2. The summed E-state index contributed by atoms with van der Waals surface area (Å²) in [5.41, 5.74) is 4.15. The first-order valence-electron chi connectivity index (χ1n) is 17.9. The van der Waals surface area contributed by atoms with Crippen molar-refractivity contribution in [3.8, 4) is 0 Å². The van der Waals surface area contributed by atoms with Gasteiger partial charge in [-0.05, 0) is 111 Å². The maximum atomic E-state index is 13.6. The molecule has 0 aliphatic heterocycles. The molecular weight excluding hydrogens is 584 g/mol. The van der Waals surface area contributed by atoms with Crippen molar-refractivity contribution in [3.63, 3.8) is 0 Å². The second kappa shape index (κ2) is 14.3. The molecule has 3 fully saturated rings. The maximum Gasteiger partial charge on any atom is 0.344 e. The van der Waals surface area contributed by atoms with E-state index in [2.05, 4.69) is 74.1 Å². The number of ketones is 1. The van der Waals surface area contributed by atoms with Gasteiger partial charge < -0.3 is 9.47 Å². The Hall–Kier alpha value is -2.95. The van der Waals surface area contributed by atoms with Crippen LogP contribution in [0.4, 0.5) is 0 Å². The molecule has 0 radical (unpaired) electrons. The minimum atomic E-state index is -0.587. The first kappa shape index (κ1) is 36.9. The summed E-state index contributed by atoms with van der Waals surface area (Å²) in [4.78, 5) is 39.5. The molecule has 7 atom stereocenters. The first-order chi connectivity index (χ1) is 22.0. The Labute approximate surface area is 284 Å². The van der Waals surface area contributed by atoms with Gasteiger partial charge in [-0.2, -0.15) is 0 Å². The SMILES string of the molecule is C=C[C@@]1(C)C[C@H](C)C23CCC(=O)[C@H]2C(C)(C(C)CC3)[C@H](OC(=O)COC(=O)/C=C(C)/C=C/C=C(C)/C=C/C2=C(C)CCCC2(C)C)C1. The van der Waals surface area contributed by atoms with E-state index in [1.54, 1.807) is 0 Å². The molecule has 0 aromatic carbocycles. The predicted molar refractivity (Wildman–Crippen MR) is 190 cm³/mol. The minimum Gasteiger partial charge on any atom is -0.459 e. The highest BCUT2D eigenvalue weighted by Crippen LogP contribution is 2.68. The molecule has 3 unspecified atom stereocenters. The molecule has 0 aromatic heterocycles. The lowest BCUT2D eigenvalue weighted by Gasteiger charge is -2.60. The van der Waals surface area contributed by atoms with E-state index in [1.165, 1.54) is 36.5 Å². The average Bonchev–Trinajstić information content (AvgIpc) is 3.34. The first-order valence-corrected chi connectivity index (χ1v) is 17.9. The van der Waals surface area contributed by atoms with Gasteiger partial charge in [0.05, 0.1) is 0 Å². The van der Waals surface area contributed by atoms with Gasteiger partial charge in [0, 0.05) is 23.8 Å². The summed E-state index contributed by atoms with van der Waals surface area (Å²) in [6.45, 7) is 23.3. The van der Waals surface area contributed by atoms with E-state index in [-0.39, 0.29) is 28.1 Å². The highest BCUT2D eigenvalue weighted by Gasteiger charge is 2.66. The summed E-state index contributed by atoms with van der Waals surface area (Å²) in [5, 5.41) is 0. The van der Waals surface area contributed by atoms with Crippen molar-refractivity contribution >= 4 is 17.7 Å². The van der Waals surface area contributed by atoms with Gasteiger partial charge >= 0.3 is 11.9 Å². The number of Topliss-reactive ketones (excluding diaryl/α,β-unsaturated/α-hetero) is 1. The molecule has 0 aromatic rings.